The van der Waals surface area contributed by atoms with Crippen molar-refractivity contribution in [2.45, 2.75) is 25.3 Å². The zero-order chi connectivity index (χ0) is 7.14. The Morgan fingerprint density at radius 2 is 2.56 bits per heavy atom. The highest BCUT2D eigenvalue weighted by Gasteiger charge is 2.35. The van der Waals surface area contributed by atoms with Crippen LogP contribution in [-0.4, -0.2) is 24.8 Å². The number of hydroxylamine groups is 2. The molecule has 0 amide bonds. The quantitative estimate of drug-likeness (QED) is 0.484. The van der Waals surface area contributed by atoms with Gasteiger partial charge >= 0.3 is 0 Å². The zero-order valence-corrected chi connectivity index (χ0v) is 5.71. The Morgan fingerprint density at radius 3 is 3.33 bits per heavy atom. The second-order valence-electron chi connectivity index (χ2n) is 2.97. The number of hydrogen-bond donors (Lipinski definition) is 0. The van der Waals surface area contributed by atoms with Crippen molar-refractivity contribution in [3.63, 3.8) is 0 Å². The lowest BCUT2D eigenvalue weighted by Gasteiger charge is -2.07. The van der Waals surface area contributed by atoms with E-state index in [-0.39, 0.29) is 6.40 Å². The molecule has 9 heavy (non-hydrogen) atoms. The molecule has 0 aromatic heterocycles. The van der Waals surface area contributed by atoms with Crippen LogP contribution in [0.5, 0.6) is 0 Å². The van der Waals surface area contributed by atoms with Crippen LogP contribution in [0.1, 0.15) is 20.6 Å². The van der Waals surface area contributed by atoms with Crippen molar-refractivity contribution in [2.24, 2.45) is 5.92 Å². The van der Waals surface area contributed by atoms with Gasteiger partial charge in [0.15, 0.2) is 0 Å². The molecular formula is C7H13NO. The maximum absolute atomic E-state index is 7.50. The molecule has 2 aliphatic rings. The van der Waals surface area contributed by atoms with Gasteiger partial charge in [-0.15, -0.1) is 0 Å². The first kappa shape index (κ1) is 4.69. The molecule has 1 saturated heterocycles. The van der Waals surface area contributed by atoms with Crippen molar-refractivity contribution in [2.75, 3.05) is 13.6 Å². The molecular weight excluding hydrogens is 114 g/mol. The van der Waals surface area contributed by atoms with E-state index in [9.17, 15) is 0 Å². The van der Waals surface area contributed by atoms with Gasteiger partial charge in [0.05, 0.1) is 6.10 Å². The molecule has 0 aromatic rings. The Balaban J connectivity index is 2.00. The molecule has 3 atom stereocenters. The highest BCUT2D eigenvalue weighted by Crippen LogP contribution is 2.33. The Labute approximate surface area is 57.1 Å². The van der Waals surface area contributed by atoms with Gasteiger partial charge in [0, 0.05) is 20.9 Å². The van der Waals surface area contributed by atoms with Crippen LogP contribution in [0.4, 0.5) is 0 Å². The maximum Gasteiger partial charge on any atom is 0.0834 e. The molecule has 1 aliphatic heterocycles. The third-order valence-electron chi connectivity index (χ3n) is 2.20. The van der Waals surface area contributed by atoms with Crippen LogP contribution in [0.3, 0.4) is 0 Å². The molecule has 0 aromatic carbocycles. The minimum Gasteiger partial charge on any atom is -0.296 e. The number of nitrogens with zero attached hydrogens (tertiary/aromatic N) is 1. The van der Waals surface area contributed by atoms with Gasteiger partial charge in [-0.25, -0.2) is 0 Å². The van der Waals surface area contributed by atoms with E-state index in [1.165, 1.54) is 0 Å². The molecule has 0 radical (unpaired) electrons. The predicted molar refractivity (Wildman–Crippen MR) is 34.8 cm³/mol. The first-order valence-corrected chi connectivity index (χ1v) is 3.56. The maximum atomic E-state index is 7.50. The molecule has 2 fully saturated rings. The largest absolute Gasteiger partial charge is 0.296 e. The Bertz CT molecular complexity index is 114. The van der Waals surface area contributed by atoms with E-state index < -0.39 is 0 Å². The molecule has 0 spiro atoms. The van der Waals surface area contributed by atoms with Gasteiger partial charge < -0.3 is 0 Å². The minimum absolute atomic E-state index is 0.142. The molecule has 2 rings (SSSR count). The van der Waals surface area contributed by atoms with Gasteiger partial charge in [0.1, 0.15) is 0 Å². The molecule has 0 bridgehead atoms. The van der Waals surface area contributed by atoms with Crippen LogP contribution < -0.4 is 0 Å². The second kappa shape index (κ2) is 1.96. The number of rotatable bonds is 0. The van der Waals surface area contributed by atoms with E-state index in [0.29, 0.717) is 12.0 Å². The lowest BCUT2D eigenvalue weighted by Crippen LogP contribution is -2.13. The van der Waals surface area contributed by atoms with Gasteiger partial charge in [-0.2, -0.15) is 5.06 Å². The average Bonchev–Trinajstić information content (AvgIpc) is 2.21. The van der Waals surface area contributed by atoms with Crippen molar-refractivity contribution in [1.82, 2.24) is 5.06 Å². The fourth-order valence-electron chi connectivity index (χ4n) is 1.74. The van der Waals surface area contributed by atoms with Gasteiger partial charge in [-0.3, -0.25) is 4.84 Å². The van der Waals surface area contributed by atoms with Gasteiger partial charge in [-0.1, -0.05) is 6.40 Å². The van der Waals surface area contributed by atoms with Gasteiger partial charge in [0.2, 0.25) is 0 Å². The Morgan fingerprint density at radius 1 is 1.67 bits per heavy atom. The summed E-state index contributed by atoms with van der Waals surface area (Å²) in [7, 11) is 1.97. The van der Waals surface area contributed by atoms with E-state index >= 15 is 0 Å². The average molecular weight is 129 g/mol. The van der Waals surface area contributed by atoms with E-state index in [4.69, 9.17) is 6.21 Å². The molecule has 1 heterocycles. The van der Waals surface area contributed by atoms with E-state index in [1.54, 1.807) is 0 Å². The van der Waals surface area contributed by atoms with Crippen molar-refractivity contribution < 1.29 is 6.21 Å². The normalized spacial score (nSPS) is 53.4. The third kappa shape index (κ3) is 0.864. The van der Waals surface area contributed by atoms with Crippen molar-refractivity contribution >= 4 is 0 Å². The van der Waals surface area contributed by atoms with Crippen LogP contribution >= 0.6 is 0 Å². The monoisotopic (exact) mass is 129 g/mol. The van der Waals surface area contributed by atoms with Gasteiger partial charge in [0.25, 0.3) is 0 Å². The van der Waals surface area contributed by atoms with Crippen LogP contribution in [0.25, 0.3) is 0 Å². The summed E-state index contributed by atoms with van der Waals surface area (Å²) in [6, 6.07) is 0. The first-order chi connectivity index (χ1) is 4.75. The predicted octanol–water partition coefficient (Wildman–Crippen LogP) is 1.03. The highest BCUT2D eigenvalue weighted by molar-refractivity contribution is 4.82. The zero-order valence-electron chi connectivity index (χ0n) is 6.71. The van der Waals surface area contributed by atoms with Crippen LogP contribution in [-0.2, 0) is 4.84 Å². The summed E-state index contributed by atoms with van der Waals surface area (Å²) in [5, 5.41) is 1.90. The molecule has 0 N–H and O–H groups in total. The van der Waals surface area contributed by atoms with E-state index in [0.717, 1.165) is 19.4 Å². The third-order valence-corrected chi connectivity index (χ3v) is 2.20. The SMILES string of the molecule is [3H]C1CC2CN(C)OC2C1. The molecule has 2 nitrogen and oxygen atoms in total. The molecule has 1 aliphatic carbocycles. The van der Waals surface area contributed by atoms with Crippen molar-refractivity contribution in [3.8, 4) is 0 Å². The molecule has 52 valence electrons. The summed E-state index contributed by atoms with van der Waals surface area (Å²) >= 11 is 0. The van der Waals surface area contributed by atoms with Crippen LogP contribution in [0.2, 0.25) is 0 Å². The van der Waals surface area contributed by atoms with Crippen LogP contribution in [0, 0.1) is 5.92 Å². The summed E-state index contributed by atoms with van der Waals surface area (Å²) in [5.41, 5.74) is 0. The standard InChI is InChI=1S/C7H13NO/c1-8-5-6-3-2-4-7(6)9-8/h6-7H,2-5H2,1H3/i2T. The summed E-state index contributed by atoms with van der Waals surface area (Å²) in [6.07, 6.45) is 2.49. The summed E-state index contributed by atoms with van der Waals surface area (Å²) in [6.45, 7) is 1.03. The van der Waals surface area contributed by atoms with Crippen LogP contribution in [0.15, 0.2) is 0 Å². The highest BCUT2D eigenvalue weighted by atomic mass is 16.7. The molecule has 1 saturated carbocycles. The number of hydrogen-bond acceptors (Lipinski definition) is 2. The number of fused-ring (bicyclic) bond motifs is 1. The van der Waals surface area contributed by atoms with E-state index in [1.807, 2.05) is 12.1 Å². The summed E-state index contributed by atoms with van der Waals surface area (Å²) < 4.78 is 7.50. The minimum atomic E-state index is 0.142. The second-order valence-corrected chi connectivity index (χ2v) is 2.97. The summed E-state index contributed by atoms with van der Waals surface area (Å²) in [5.74, 6) is 0.646. The molecule has 2 heteroatoms. The van der Waals surface area contributed by atoms with Gasteiger partial charge in [-0.05, 0) is 12.8 Å². The Hall–Kier alpha value is -0.0800. The molecule has 3 unspecified atom stereocenters. The van der Waals surface area contributed by atoms with E-state index in [2.05, 4.69) is 0 Å². The van der Waals surface area contributed by atoms with Crippen molar-refractivity contribution in [3.05, 3.63) is 0 Å². The lowest BCUT2D eigenvalue weighted by molar-refractivity contribution is -0.126. The lowest BCUT2D eigenvalue weighted by atomic mass is 10.1. The topological polar surface area (TPSA) is 12.5 Å². The fraction of sp³-hybridized carbons (Fsp3) is 1.00. The Kier molecular flexibility index (Phi) is 1.02. The summed E-state index contributed by atoms with van der Waals surface area (Å²) in [4.78, 5) is 5.47. The first-order valence-electron chi connectivity index (χ1n) is 4.13. The fourth-order valence-corrected chi connectivity index (χ4v) is 1.74. The van der Waals surface area contributed by atoms with Crippen molar-refractivity contribution in [1.29, 1.82) is 0 Å². The smallest absolute Gasteiger partial charge is 0.0834 e.